The van der Waals surface area contributed by atoms with Gasteiger partial charge in [-0.2, -0.15) is 0 Å². The summed E-state index contributed by atoms with van der Waals surface area (Å²) in [6.45, 7) is 3.34. The molecule has 0 radical (unpaired) electrons. The van der Waals surface area contributed by atoms with Gasteiger partial charge in [-0.25, -0.2) is 0 Å². The number of phenolic OH excluding ortho intramolecular Hbond substituents is 1. The molecule has 0 bridgehead atoms. The number of nitrogens with zero attached hydrogens (tertiary/aromatic N) is 1. The number of carbonyl (C=O) groups excluding carboxylic acids is 2. The number of nitro groups is 1. The number of aromatic amines is 1. The molecule has 1 aliphatic heterocycles. The topological polar surface area (TPSA) is 149 Å². The third-order valence-corrected chi connectivity index (χ3v) is 6.88. The lowest BCUT2D eigenvalue weighted by Crippen LogP contribution is -2.41. The van der Waals surface area contributed by atoms with Crippen molar-refractivity contribution in [3.05, 3.63) is 48.4 Å². The predicted molar refractivity (Wildman–Crippen MR) is 108 cm³/mol. The molecule has 0 unspecified atom stereocenters. The maximum atomic E-state index is 12.9. The van der Waals surface area contributed by atoms with Gasteiger partial charge in [-0.05, 0) is 19.9 Å². The molecule has 0 amide bonds. The zero-order chi connectivity index (χ0) is 22.0. The van der Waals surface area contributed by atoms with E-state index in [2.05, 4.69) is 4.98 Å². The molecule has 0 fully saturated rings. The minimum absolute atomic E-state index is 0.0411. The number of ether oxygens (including phenoxy) is 2. The summed E-state index contributed by atoms with van der Waals surface area (Å²) >= 11 is 1.78. The van der Waals surface area contributed by atoms with Crippen molar-refractivity contribution in [2.75, 3.05) is 13.2 Å². The van der Waals surface area contributed by atoms with Gasteiger partial charge in [-0.3, -0.25) is 24.5 Å². The van der Waals surface area contributed by atoms with E-state index in [4.69, 9.17) is 9.47 Å². The lowest BCUT2D eigenvalue weighted by Gasteiger charge is -2.34. The van der Waals surface area contributed by atoms with Crippen molar-refractivity contribution in [3.63, 3.8) is 0 Å². The van der Waals surface area contributed by atoms with Crippen molar-refractivity contribution in [1.82, 2.24) is 4.98 Å². The Hall–Kier alpha value is -2.86. The van der Waals surface area contributed by atoms with Crippen LogP contribution in [0.1, 0.15) is 30.2 Å². The maximum absolute atomic E-state index is 12.9. The lowest BCUT2D eigenvalue weighted by atomic mass is 9.81. The summed E-state index contributed by atoms with van der Waals surface area (Å²) in [4.78, 5) is 50.8. The summed E-state index contributed by atoms with van der Waals surface area (Å²) in [5, 5.41) is 21.0. The normalized spacial score (nSPS) is 20.3. The number of thiazole rings is 1. The van der Waals surface area contributed by atoms with Gasteiger partial charge >= 0.3 is 16.8 Å². The van der Waals surface area contributed by atoms with E-state index in [1.165, 1.54) is 0 Å². The molecule has 12 heteroatoms. The van der Waals surface area contributed by atoms with Gasteiger partial charge in [0.25, 0.3) is 5.69 Å². The third-order valence-electron chi connectivity index (χ3n) is 4.49. The number of carbonyl (C=O) groups is 2. The van der Waals surface area contributed by atoms with Gasteiger partial charge in [-0.15, -0.1) is 0 Å². The maximum Gasteiger partial charge on any atom is 0.320 e. The molecule has 0 spiro atoms. The number of nitro benzene ring substituents is 1. The number of aromatic nitrogens is 1. The zero-order valence-electron chi connectivity index (χ0n) is 15.9. The van der Waals surface area contributed by atoms with Crippen LogP contribution in [0, 0.1) is 16.0 Å². The highest BCUT2D eigenvalue weighted by Crippen LogP contribution is 2.51. The minimum Gasteiger partial charge on any atom is -0.508 e. The van der Waals surface area contributed by atoms with Gasteiger partial charge in [0.1, 0.15) is 11.0 Å². The minimum atomic E-state index is -1.17. The van der Waals surface area contributed by atoms with E-state index in [0.717, 1.165) is 41.3 Å². The number of H-pyrrole nitrogens is 1. The van der Waals surface area contributed by atoms with E-state index in [1.807, 2.05) is 0 Å². The molecule has 1 aromatic carbocycles. The van der Waals surface area contributed by atoms with Crippen LogP contribution in [0.25, 0.3) is 0 Å². The first-order valence-electron chi connectivity index (χ1n) is 8.98. The fourth-order valence-corrected chi connectivity index (χ4v) is 5.77. The molecule has 0 saturated carbocycles. The van der Waals surface area contributed by atoms with E-state index >= 15 is 0 Å². The van der Waals surface area contributed by atoms with Gasteiger partial charge < -0.3 is 19.6 Å². The highest BCUT2D eigenvalue weighted by molar-refractivity contribution is 8.00. The third kappa shape index (κ3) is 4.05. The molecule has 0 saturated heterocycles. The van der Waals surface area contributed by atoms with Crippen LogP contribution in [0.15, 0.2) is 28.0 Å². The smallest absolute Gasteiger partial charge is 0.320 e. The SMILES string of the molecule is CCOC(=O)[C@@H]1[C@@H](c2cc([N+](=O)[O-])ccc2O)c2sc(=O)[nH]c2S[C@@H]1C(=O)OCC. The van der Waals surface area contributed by atoms with Gasteiger partial charge in [0.15, 0.2) is 0 Å². The number of non-ortho nitro benzene ring substituents is 1. The van der Waals surface area contributed by atoms with Crippen molar-refractivity contribution >= 4 is 40.7 Å². The number of nitrogens with one attached hydrogen (secondary N) is 1. The van der Waals surface area contributed by atoms with Crippen molar-refractivity contribution in [2.24, 2.45) is 5.92 Å². The van der Waals surface area contributed by atoms with Crippen LogP contribution in [0.5, 0.6) is 5.75 Å². The molecule has 30 heavy (non-hydrogen) atoms. The van der Waals surface area contributed by atoms with Crippen molar-refractivity contribution in [2.45, 2.75) is 30.0 Å². The van der Waals surface area contributed by atoms with Crippen LogP contribution in [0.2, 0.25) is 0 Å². The van der Waals surface area contributed by atoms with E-state index in [9.17, 15) is 29.6 Å². The molecule has 2 aromatic rings. The summed E-state index contributed by atoms with van der Waals surface area (Å²) < 4.78 is 10.3. The van der Waals surface area contributed by atoms with Crippen molar-refractivity contribution in [3.8, 4) is 5.75 Å². The molecule has 3 rings (SSSR count). The molecular formula is C18H18N2O8S2. The summed E-state index contributed by atoms with van der Waals surface area (Å²) in [7, 11) is 0. The van der Waals surface area contributed by atoms with Crippen LogP contribution < -0.4 is 4.87 Å². The van der Waals surface area contributed by atoms with Crippen LogP contribution in [-0.2, 0) is 19.1 Å². The number of hydrogen-bond donors (Lipinski definition) is 2. The number of rotatable bonds is 6. The van der Waals surface area contributed by atoms with Gasteiger partial charge in [-0.1, -0.05) is 23.1 Å². The summed E-state index contributed by atoms with van der Waals surface area (Å²) in [6, 6.07) is 3.41. The second-order valence-corrected chi connectivity index (χ2v) is 8.42. The lowest BCUT2D eigenvalue weighted by molar-refractivity contribution is -0.385. The average molecular weight is 454 g/mol. The van der Waals surface area contributed by atoms with Crippen LogP contribution >= 0.6 is 23.1 Å². The highest BCUT2D eigenvalue weighted by atomic mass is 32.2. The molecule has 3 atom stereocenters. The number of fused-ring (bicyclic) bond motifs is 1. The fourth-order valence-electron chi connectivity index (χ4n) is 3.31. The van der Waals surface area contributed by atoms with Crippen molar-refractivity contribution < 1.29 is 29.1 Å². The van der Waals surface area contributed by atoms with E-state index < -0.39 is 38.8 Å². The number of aromatic hydroxyl groups is 1. The molecule has 2 heterocycles. The monoisotopic (exact) mass is 454 g/mol. The zero-order valence-corrected chi connectivity index (χ0v) is 17.6. The van der Waals surface area contributed by atoms with Crippen LogP contribution in [-0.4, -0.2) is 45.4 Å². The van der Waals surface area contributed by atoms with Gasteiger partial charge in [0.05, 0.1) is 29.1 Å². The Balaban J connectivity index is 2.25. The number of thioether (sulfide) groups is 1. The largest absolute Gasteiger partial charge is 0.508 e. The molecular weight excluding hydrogens is 436 g/mol. The molecule has 0 aliphatic carbocycles. The Morgan fingerprint density at radius 1 is 1.23 bits per heavy atom. The number of phenols is 1. The Kier molecular flexibility index (Phi) is 6.46. The van der Waals surface area contributed by atoms with Gasteiger partial charge in [0, 0.05) is 28.5 Å². The standard InChI is InChI=1S/C18H18N2O8S2/c1-3-27-16(22)12-11(9-7-8(20(25)26)5-6-10(9)21)13-15(19-18(24)30-13)29-14(12)17(23)28-4-2/h5-7,11-12,14,21H,3-4H2,1-2H3,(H,19,24)/t11-,12-,14+/m1/s1. The number of benzene rings is 1. The Morgan fingerprint density at radius 3 is 2.53 bits per heavy atom. The quantitative estimate of drug-likeness (QED) is 0.381. The first kappa shape index (κ1) is 21.8. The molecule has 2 N–H and O–H groups in total. The fraction of sp³-hybridized carbons (Fsp3) is 0.389. The van der Waals surface area contributed by atoms with E-state index in [0.29, 0.717) is 9.90 Å². The first-order chi connectivity index (χ1) is 14.3. The average Bonchev–Trinajstić information content (AvgIpc) is 3.07. The number of esters is 2. The second-order valence-electron chi connectivity index (χ2n) is 6.25. The molecule has 160 valence electrons. The molecule has 1 aliphatic rings. The summed E-state index contributed by atoms with van der Waals surface area (Å²) in [6.07, 6.45) is 0. The van der Waals surface area contributed by atoms with E-state index in [-0.39, 0.29) is 30.2 Å². The summed E-state index contributed by atoms with van der Waals surface area (Å²) in [5.74, 6) is -3.90. The van der Waals surface area contributed by atoms with Gasteiger partial charge in [0.2, 0.25) is 0 Å². The van der Waals surface area contributed by atoms with Crippen LogP contribution in [0.3, 0.4) is 0 Å². The Morgan fingerprint density at radius 2 is 1.90 bits per heavy atom. The van der Waals surface area contributed by atoms with Crippen molar-refractivity contribution in [1.29, 1.82) is 0 Å². The Labute approximate surface area is 178 Å². The van der Waals surface area contributed by atoms with Crippen LogP contribution in [0.4, 0.5) is 5.69 Å². The number of hydrogen-bond acceptors (Lipinski definition) is 10. The molecule has 1 aromatic heterocycles. The highest BCUT2D eigenvalue weighted by Gasteiger charge is 2.50. The predicted octanol–water partition coefficient (Wildman–Crippen LogP) is 2.40. The first-order valence-corrected chi connectivity index (χ1v) is 10.7. The summed E-state index contributed by atoms with van der Waals surface area (Å²) in [5.41, 5.74) is -0.255. The Bertz CT molecular complexity index is 1050. The molecule has 10 nitrogen and oxygen atoms in total. The van der Waals surface area contributed by atoms with E-state index in [1.54, 1.807) is 13.8 Å². The second kappa shape index (κ2) is 8.88.